The molecule has 1 unspecified atom stereocenters. The molecule has 1 atom stereocenters. The van der Waals surface area contributed by atoms with Crippen molar-refractivity contribution in [2.24, 2.45) is 0 Å². The molecule has 2 aromatic carbocycles. The zero-order chi connectivity index (χ0) is 14.8. The summed E-state index contributed by atoms with van der Waals surface area (Å²) >= 11 is 1.65. The third-order valence-electron chi connectivity index (χ3n) is 2.98. The van der Waals surface area contributed by atoms with Gasteiger partial charge in [-0.25, -0.2) is 9.19 Å². The Balaban J connectivity index is 1.81. The molecule has 0 amide bonds. The average Bonchev–Trinajstić information content (AvgIpc) is 2.86. The first-order chi connectivity index (χ1) is 10.2. The molecule has 1 heterocycles. The summed E-state index contributed by atoms with van der Waals surface area (Å²) in [4.78, 5) is 5.14. The van der Waals surface area contributed by atoms with Gasteiger partial charge in [0.15, 0.2) is 0 Å². The zero-order valence-electron chi connectivity index (χ0n) is 11.6. The van der Waals surface area contributed by atoms with E-state index in [4.69, 9.17) is 4.74 Å². The van der Waals surface area contributed by atoms with Crippen LogP contribution in [0.5, 0.6) is 5.75 Å². The van der Waals surface area contributed by atoms with Gasteiger partial charge in [-0.15, -0.1) is 11.3 Å². The molecule has 3 aromatic rings. The summed E-state index contributed by atoms with van der Waals surface area (Å²) in [5, 5.41) is 1.03. The molecule has 0 fully saturated rings. The normalized spacial score (nSPS) is 12.3. The van der Waals surface area contributed by atoms with Crippen molar-refractivity contribution in [1.29, 1.82) is 0 Å². The fourth-order valence-corrected chi connectivity index (χ4v) is 3.62. The number of thiazole rings is 1. The van der Waals surface area contributed by atoms with E-state index in [0.29, 0.717) is 4.90 Å². The fourth-order valence-electron chi connectivity index (χ4n) is 1.97. The molecule has 0 saturated heterocycles. The summed E-state index contributed by atoms with van der Waals surface area (Å²) in [6, 6.07) is 13.0. The Kier molecular flexibility index (Phi) is 3.90. The lowest BCUT2D eigenvalue weighted by atomic mass is 10.3. The molecule has 0 aliphatic carbocycles. The average molecular weight is 318 g/mol. The Labute approximate surface area is 129 Å². The molecule has 0 spiro atoms. The van der Waals surface area contributed by atoms with Gasteiger partial charge < -0.3 is 9.46 Å². The highest BCUT2D eigenvalue weighted by atomic mass is 32.2. The van der Waals surface area contributed by atoms with Crippen molar-refractivity contribution in [2.45, 2.75) is 11.8 Å². The molecular formula is C15H14N2O2S2. The number of methoxy groups -OCH3 is 1. The van der Waals surface area contributed by atoms with Crippen molar-refractivity contribution in [2.75, 3.05) is 11.8 Å². The number of nitrogens with zero attached hydrogens (tertiary/aromatic N) is 1. The van der Waals surface area contributed by atoms with E-state index in [2.05, 4.69) is 9.71 Å². The van der Waals surface area contributed by atoms with Crippen molar-refractivity contribution < 1.29 is 8.95 Å². The van der Waals surface area contributed by atoms with Crippen LogP contribution in [-0.2, 0) is 11.0 Å². The number of rotatable bonds is 4. The van der Waals surface area contributed by atoms with Gasteiger partial charge in [0, 0.05) is 5.69 Å². The second-order valence-corrected chi connectivity index (χ2v) is 6.91. The van der Waals surface area contributed by atoms with Crippen LogP contribution in [0.15, 0.2) is 47.4 Å². The molecule has 108 valence electrons. The Hall–Kier alpha value is -1.92. The van der Waals surface area contributed by atoms with Gasteiger partial charge in [0.05, 0.1) is 27.2 Å². The van der Waals surface area contributed by atoms with Crippen molar-refractivity contribution in [3.05, 3.63) is 47.5 Å². The number of fused-ring (bicyclic) bond motifs is 1. The molecule has 21 heavy (non-hydrogen) atoms. The third kappa shape index (κ3) is 3.06. The largest absolute Gasteiger partial charge is 0.497 e. The maximum Gasteiger partial charge on any atom is 0.150 e. The van der Waals surface area contributed by atoms with Gasteiger partial charge in [-0.1, -0.05) is 0 Å². The smallest absolute Gasteiger partial charge is 0.150 e. The number of aryl methyl sites for hydroxylation is 1. The molecule has 0 aliphatic heterocycles. The van der Waals surface area contributed by atoms with E-state index in [9.17, 15) is 4.21 Å². The molecule has 4 nitrogen and oxygen atoms in total. The van der Waals surface area contributed by atoms with Crippen LogP contribution < -0.4 is 9.46 Å². The van der Waals surface area contributed by atoms with Crippen LogP contribution in [-0.4, -0.2) is 16.3 Å². The highest BCUT2D eigenvalue weighted by Crippen LogP contribution is 2.25. The second-order valence-electron chi connectivity index (χ2n) is 4.46. The van der Waals surface area contributed by atoms with Gasteiger partial charge in [0.25, 0.3) is 0 Å². The van der Waals surface area contributed by atoms with Crippen molar-refractivity contribution in [1.82, 2.24) is 4.98 Å². The van der Waals surface area contributed by atoms with Gasteiger partial charge in [-0.3, -0.25) is 0 Å². The second kappa shape index (κ2) is 5.83. The number of aromatic nitrogens is 1. The zero-order valence-corrected chi connectivity index (χ0v) is 13.3. The summed E-state index contributed by atoms with van der Waals surface area (Å²) < 4.78 is 21.5. The quantitative estimate of drug-likeness (QED) is 0.797. The summed E-state index contributed by atoms with van der Waals surface area (Å²) in [5.41, 5.74) is 1.72. The van der Waals surface area contributed by atoms with Crippen molar-refractivity contribution in [3.8, 4) is 5.75 Å². The van der Waals surface area contributed by atoms with E-state index in [1.165, 1.54) is 0 Å². The monoisotopic (exact) mass is 318 g/mol. The number of nitrogens with one attached hydrogen (secondary N) is 1. The maximum atomic E-state index is 12.3. The number of hydrogen-bond donors (Lipinski definition) is 1. The van der Waals surface area contributed by atoms with Crippen LogP contribution in [0.3, 0.4) is 0 Å². The summed E-state index contributed by atoms with van der Waals surface area (Å²) in [7, 11) is 0.296. The van der Waals surface area contributed by atoms with E-state index in [-0.39, 0.29) is 0 Å². The summed E-state index contributed by atoms with van der Waals surface area (Å²) in [5.74, 6) is 0.745. The minimum absolute atomic E-state index is 0.699. The Morgan fingerprint density at radius 1 is 1.19 bits per heavy atom. The van der Waals surface area contributed by atoms with Gasteiger partial charge in [0.1, 0.15) is 16.7 Å². The molecule has 0 bridgehead atoms. The topological polar surface area (TPSA) is 51.2 Å². The molecule has 3 rings (SSSR count). The number of anilines is 1. The highest BCUT2D eigenvalue weighted by Gasteiger charge is 2.06. The lowest BCUT2D eigenvalue weighted by molar-refractivity contribution is 0.414. The fraction of sp³-hybridized carbons (Fsp3) is 0.133. The van der Waals surface area contributed by atoms with Gasteiger partial charge in [0.2, 0.25) is 0 Å². The minimum atomic E-state index is -1.31. The molecule has 1 aromatic heterocycles. The predicted octanol–water partition coefficient (Wildman–Crippen LogP) is 3.75. The number of hydrogen-bond acceptors (Lipinski definition) is 4. The molecule has 0 saturated carbocycles. The van der Waals surface area contributed by atoms with E-state index < -0.39 is 11.0 Å². The molecule has 0 radical (unpaired) electrons. The first-order valence-electron chi connectivity index (χ1n) is 6.35. The summed E-state index contributed by atoms with van der Waals surface area (Å²) in [6.45, 7) is 1.98. The van der Waals surface area contributed by atoms with Crippen molar-refractivity contribution >= 4 is 38.2 Å². The summed E-state index contributed by atoms with van der Waals surface area (Å²) in [6.07, 6.45) is 0. The van der Waals surface area contributed by atoms with Crippen LogP contribution in [0.2, 0.25) is 0 Å². The lowest BCUT2D eigenvalue weighted by Gasteiger charge is -2.06. The number of ether oxygens (including phenoxy) is 1. The Morgan fingerprint density at radius 2 is 1.95 bits per heavy atom. The first-order valence-corrected chi connectivity index (χ1v) is 8.32. The maximum absolute atomic E-state index is 12.3. The minimum Gasteiger partial charge on any atom is -0.497 e. The lowest BCUT2D eigenvalue weighted by Crippen LogP contribution is -2.04. The van der Waals surface area contributed by atoms with Gasteiger partial charge in [-0.2, -0.15) is 0 Å². The molecule has 1 N–H and O–H groups in total. The highest BCUT2D eigenvalue weighted by molar-refractivity contribution is 7.86. The molecule has 6 heteroatoms. The predicted molar refractivity (Wildman–Crippen MR) is 87.4 cm³/mol. The molecular weight excluding hydrogens is 304 g/mol. The van der Waals surface area contributed by atoms with E-state index in [1.807, 2.05) is 25.1 Å². The Morgan fingerprint density at radius 3 is 2.67 bits per heavy atom. The van der Waals surface area contributed by atoms with Gasteiger partial charge >= 0.3 is 0 Å². The third-order valence-corrected chi connectivity index (χ3v) is 5.05. The van der Waals surface area contributed by atoms with Crippen LogP contribution in [0.1, 0.15) is 5.01 Å². The van der Waals surface area contributed by atoms with Crippen LogP contribution >= 0.6 is 11.3 Å². The van der Waals surface area contributed by atoms with E-state index >= 15 is 0 Å². The van der Waals surface area contributed by atoms with E-state index in [1.54, 1.807) is 42.7 Å². The number of benzene rings is 2. The van der Waals surface area contributed by atoms with Crippen LogP contribution in [0.25, 0.3) is 10.2 Å². The van der Waals surface area contributed by atoms with Crippen LogP contribution in [0.4, 0.5) is 5.69 Å². The van der Waals surface area contributed by atoms with Gasteiger partial charge in [-0.05, 0) is 49.4 Å². The molecule has 0 aliphatic rings. The van der Waals surface area contributed by atoms with Crippen LogP contribution in [0, 0.1) is 6.92 Å². The van der Waals surface area contributed by atoms with E-state index in [0.717, 1.165) is 26.7 Å². The van der Waals surface area contributed by atoms with Crippen molar-refractivity contribution in [3.63, 3.8) is 0 Å². The first kappa shape index (κ1) is 14.0. The standard InChI is InChI=1S/C15H14N2O2S2/c1-10-16-14-9-11(3-8-15(14)20-10)17-21(18)13-6-4-12(19-2)5-7-13/h3-9,17H,1-2H3. The SMILES string of the molecule is COc1ccc(S(=O)Nc2ccc3sc(C)nc3c2)cc1. The Bertz CT molecular complexity index is 797.